The van der Waals surface area contributed by atoms with Gasteiger partial charge in [-0.25, -0.2) is 13.4 Å². The molecule has 1 saturated heterocycles. The van der Waals surface area contributed by atoms with Gasteiger partial charge in [0.2, 0.25) is 10.0 Å². The Bertz CT molecular complexity index is 1270. The van der Waals surface area contributed by atoms with Crippen molar-refractivity contribution in [2.24, 2.45) is 0 Å². The minimum Gasteiger partial charge on any atom is -0.379 e. The molecule has 0 radical (unpaired) electrons. The van der Waals surface area contributed by atoms with Gasteiger partial charge in [0.05, 0.1) is 34.9 Å². The topological polar surface area (TPSA) is 101 Å². The summed E-state index contributed by atoms with van der Waals surface area (Å²) in [6.07, 6.45) is 7.48. The molecule has 1 aliphatic heterocycles. The first-order chi connectivity index (χ1) is 16.0. The quantitative estimate of drug-likeness (QED) is 0.620. The van der Waals surface area contributed by atoms with Crippen LogP contribution in [0.4, 0.5) is 0 Å². The smallest absolute Gasteiger partial charge is 0.252 e. The number of benzene rings is 1. The summed E-state index contributed by atoms with van der Waals surface area (Å²) >= 11 is 0. The van der Waals surface area contributed by atoms with E-state index in [-0.39, 0.29) is 16.8 Å². The largest absolute Gasteiger partial charge is 0.379 e. The SMILES string of the molecule is O=C(NC1CCCC1)c1cc(-c2ccncc2)nc2ccc(S(=O)(=O)N3CCOCC3)cc12. The maximum Gasteiger partial charge on any atom is 0.252 e. The number of nitrogens with one attached hydrogen (secondary N) is 1. The van der Waals surface area contributed by atoms with E-state index >= 15 is 0 Å². The molecule has 2 aromatic heterocycles. The Labute approximate surface area is 193 Å². The maximum atomic E-state index is 13.3. The molecule has 0 bridgehead atoms. The van der Waals surface area contributed by atoms with Crippen molar-refractivity contribution >= 4 is 26.8 Å². The summed E-state index contributed by atoms with van der Waals surface area (Å²) in [5, 5.41) is 3.66. The van der Waals surface area contributed by atoms with Gasteiger partial charge in [-0.05, 0) is 49.2 Å². The minimum absolute atomic E-state index is 0.144. The van der Waals surface area contributed by atoms with Crippen LogP contribution in [0.15, 0.2) is 53.7 Å². The molecule has 33 heavy (non-hydrogen) atoms. The van der Waals surface area contributed by atoms with Crippen LogP contribution in [-0.4, -0.2) is 60.9 Å². The van der Waals surface area contributed by atoms with Gasteiger partial charge in [-0.3, -0.25) is 9.78 Å². The number of hydrogen-bond donors (Lipinski definition) is 1. The molecule has 0 atom stereocenters. The van der Waals surface area contributed by atoms with Gasteiger partial charge in [-0.1, -0.05) is 12.8 Å². The first-order valence-electron chi connectivity index (χ1n) is 11.3. The highest BCUT2D eigenvalue weighted by molar-refractivity contribution is 7.89. The number of carbonyl (C=O) groups is 1. The number of carbonyl (C=O) groups excluding carboxylic acids is 1. The summed E-state index contributed by atoms with van der Waals surface area (Å²) in [6.45, 7) is 1.38. The minimum atomic E-state index is -3.70. The van der Waals surface area contributed by atoms with E-state index in [1.54, 1.807) is 36.7 Å². The van der Waals surface area contributed by atoms with E-state index in [4.69, 9.17) is 9.72 Å². The van der Waals surface area contributed by atoms with Gasteiger partial charge < -0.3 is 10.1 Å². The fraction of sp³-hybridized carbons (Fsp3) is 0.375. The predicted molar refractivity (Wildman–Crippen MR) is 124 cm³/mol. The summed E-state index contributed by atoms with van der Waals surface area (Å²) in [7, 11) is -3.70. The Morgan fingerprint density at radius 1 is 1.03 bits per heavy atom. The molecule has 0 unspecified atom stereocenters. The number of nitrogens with zero attached hydrogens (tertiary/aromatic N) is 3. The molecule has 0 spiro atoms. The van der Waals surface area contributed by atoms with E-state index in [1.165, 1.54) is 4.31 Å². The molecule has 8 nitrogen and oxygen atoms in total. The average Bonchev–Trinajstić information content (AvgIpc) is 3.37. The highest BCUT2D eigenvalue weighted by atomic mass is 32.2. The third-order valence-corrected chi connectivity index (χ3v) is 8.19. The van der Waals surface area contributed by atoms with Crippen molar-refractivity contribution in [1.82, 2.24) is 19.6 Å². The number of aromatic nitrogens is 2. The normalized spacial score (nSPS) is 17.9. The summed E-state index contributed by atoms with van der Waals surface area (Å²) < 4.78 is 33.2. The third kappa shape index (κ3) is 4.48. The van der Waals surface area contributed by atoms with Crippen molar-refractivity contribution < 1.29 is 17.9 Å². The lowest BCUT2D eigenvalue weighted by Crippen LogP contribution is -2.40. The molecule has 1 saturated carbocycles. The number of hydrogen-bond acceptors (Lipinski definition) is 6. The van der Waals surface area contributed by atoms with Crippen molar-refractivity contribution in [3.63, 3.8) is 0 Å². The fourth-order valence-corrected chi connectivity index (χ4v) is 5.93. The molecule has 3 aromatic rings. The standard InChI is InChI=1S/C24H26N4O4S/c29-24(26-18-3-1-2-4-18)21-16-23(17-7-9-25-10-8-17)27-22-6-5-19(15-20(21)22)33(30,31)28-11-13-32-14-12-28/h5-10,15-16,18H,1-4,11-14H2,(H,26,29). The molecule has 3 heterocycles. The van der Waals surface area contributed by atoms with Crippen LogP contribution < -0.4 is 5.32 Å². The first-order valence-corrected chi connectivity index (χ1v) is 12.7. The molecule has 1 aromatic carbocycles. The zero-order chi connectivity index (χ0) is 22.8. The molecule has 1 amide bonds. The lowest BCUT2D eigenvalue weighted by atomic mass is 10.0. The molecule has 9 heteroatoms. The first kappa shape index (κ1) is 21.9. The molecule has 1 aliphatic carbocycles. The Kier molecular flexibility index (Phi) is 6.09. The van der Waals surface area contributed by atoms with Gasteiger partial charge in [-0.15, -0.1) is 0 Å². The predicted octanol–water partition coefficient (Wildman–Crippen LogP) is 2.99. The monoisotopic (exact) mass is 466 g/mol. The molecule has 1 N–H and O–H groups in total. The number of ether oxygens (including phenoxy) is 1. The van der Waals surface area contributed by atoms with Crippen molar-refractivity contribution in [2.75, 3.05) is 26.3 Å². The average molecular weight is 467 g/mol. The van der Waals surface area contributed by atoms with Crippen LogP contribution in [0.25, 0.3) is 22.2 Å². The van der Waals surface area contributed by atoms with Gasteiger partial charge in [0.25, 0.3) is 5.91 Å². The van der Waals surface area contributed by atoms with Gasteiger partial charge in [0.15, 0.2) is 0 Å². The van der Waals surface area contributed by atoms with E-state index in [2.05, 4.69) is 10.3 Å². The Hall–Kier alpha value is -2.88. The molecule has 2 fully saturated rings. The van der Waals surface area contributed by atoms with E-state index in [1.807, 2.05) is 12.1 Å². The van der Waals surface area contributed by atoms with Crippen LogP contribution in [0, 0.1) is 0 Å². The second-order valence-corrected chi connectivity index (χ2v) is 10.4. The van der Waals surface area contributed by atoms with Crippen molar-refractivity contribution in [3.8, 4) is 11.3 Å². The second-order valence-electron chi connectivity index (χ2n) is 8.44. The Morgan fingerprint density at radius 2 is 1.76 bits per heavy atom. The van der Waals surface area contributed by atoms with E-state index < -0.39 is 10.0 Å². The fourth-order valence-electron chi connectivity index (χ4n) is 4.49. The van der Waals surface area contributed by atoms with Gasteiger partial charge in [0.1, 0.15) is 0 Å². The van der Waals surface area contributed by atoms with Crippen molar-refractivity contribution in [1.29, 1.82) is 0 Å². The molecule has 172 valence electrons. The van der Waals surface area contributed by atoms with Crippen LogP contribution in [0.1, 0.15) is 36.0 Å². The van der Waals surface area contributed by atoms with Crippen LogP contribution in [-0.2, 0) is 14.8 Å². The number of morpholine rings is 1. The number of fused-ring (bicyclic) bond motifs is 1. The van der Waals surface area contributed by atoms with Crippen LogP contribution >= 0.6 is 0 Å². The van der Waals surface area contributed by atoms with Gasteiger partial charge >= 0.3 is 0 Å². The summed E-state index contributed by atoms with van der Waals surface area (Å²) in [5.41, 5.74) is 2.48. The maximum absolute atomic E-state index is 13.3. The van der Waals surface area contributed by atoms with Gasteiger partial charge in [0, 0.05) is 42.5 Å². The van der Waals surface area contributed by atoms with Crippen molar-refractivity contribution in [3.05, 3.63) is 54.4 Å². The van der Waals surface area contributed by atoms with Crippen LogP contribution in [0.3, 0.4) is 0 Å². The zero-order valence-corrected chi connectivity index (χ0v) is 19.1. The summed E-state index contributed by atoms with van der Waals surface area (Å²) in [5.74, 6) is -0.203. The lowest BCUT2D eigenvalue weighted by Gasteiger charge is -2.26. The van der Waals surface area contributed by atoms with Crippen LogP contribution in [0.2, 0.25) is 0 Å². The van der Waals surface area contributed by atoms with E-state index in [9.17, 15) is 13.2 Å². The molecular formula is C24H26N4O4S. The van der Waals surface area contributed by atoms with Crippen LogP contribution in [0.5, 0.6) is 0 Å². The highest BCUT2D eigenvalue weighted by Gasteiger charge is 2.28. The molecule has 2 aliphatic rings. The van der Waals surface area contributed by atoms with E-state index in [0.29, 0.717) is 48.5 Å². The molecule has 5 rings (SSSR count). The van der Waals surface area contributed by atoms with E-state index in [0.717, 1.165) is 31.2 Å². The number of rotatable bonds is 5. The second kappa shape index (κ2) is 9.17. The lowest BCUT2D eigenvalue weighted by molar-refractivity contribution is 0.0730. The van der Waals surface area contributed by atoms with Gasteiger partial charge in [-0.2, -0.15) is 4.31 Å². The number of pyridine rings is 2. The highest BCUT2D eigenvalue weighted by Crippen LogP contribution is 2.29. The molecular weight excluding hydrogens is 440 g/mol. The van der Waals surface area contributed by atoms with Crippen molar-refractivity contribution in [2.45, 2.75) is 36.6 Å². The Balaban J connectivity index is 1.60. The number of sulfonamides is 1. The Morgan fingerprint density at radius 3 is 2.48 bits per heavy atom. The zero-order valence-electron chi connectivity index (χ0n) is 18.2. The third-order valence-electron chi connectivity index (χ3n) is 6.30. The summed E-state index contributed by atoms with van der Waals surface area (Å²) in [6, 6.07) is 10.4. The summed E-state index contributed by atoms with van der Waals surface area (Å²) in [4.78, 5) is 22.3. The number of amides is 1.